The van der Waals surface area contributed by atoms with Crippen LogP contribution in [0, 0.1) is 0 Å². The van der Waals surface area contributed by atoms with Crippen LogP contribution in [0.3, 0.4) is 0 Å². The van der Waals surface area contributed by atoms with E-state index >= 15 is 0 Å². The van der Waals surface area contributed by atoms with Crippen molar-refractivity contribution in [3.8, 4) is 11.5 Å². The predicted molar refractivity (Wildman–Crippen MR) is 142 cm³/mol. The first-order valence-electron chi connectivity index (χ1n) is 13.6. The highest BCUT2D eigenvalue weighted by molar-refractivity contribution is 5.84. The molecule has 5 rings (SSSR count). The SMILES string of the molecule is COc1ccc2c3c1O[C@H]1C(OC(=O)[C@H](C)OC(=O)[C@H](C)NC(=O)OC(C)(C)C)=CC[C@@]4(O)[C@@H](C2)N(C)CCC314. The Morgan fingerprint density at radius 3 is 2.60 bits per heavy atom. The van der Waals surface area contributed by atoms with Crippen LogP contribution in [0.2, 0.25) is 0 Å². The van der Waals surface area contributed by atoms with Crippen molar-refractivity contribution in [2.24, 2.45) is 0 Å². The highest BCUT2D eigenvalue weighted by Crippen LogP contribution is 2.65. The highest BCUT2D eigenvalue weighted by Gasteiger charge is 2.72. The van der Waals surface area contributed by atoms with Gasteiger partial charge in [-0.25, -0.2) is 14.4 Å². The van der Waals surface area contributed by atoms with E-state index in [9.17, 15) is 19.5 Å². The van der Waals surface area contributed by atoms with Gasteiger partial charge in [-0.1, -0.05) is 6.07 Å². The molecule has 1 saturated heterocycles. The first-order chi connectivity index (χ1) is 18.7. The number of ether oxygens (including phenoxy) is 5. The van der Waals surface area contributed by atoms with Crippen LogP contribution in [0.4, 0.5) is 4.79 Å². The van der Waals surface area contributed by atoms with Crippen LogP contribution < -0.4 is 14.8 Å². The molecule has 0 radical (unpaired) electrons. The van der Waals surface area contributed by atoms with Gasteiger partial charge in [-0.05, 0) is 78.8 Å². The molecule has 1 unspecified atom stereocenters. The average Bonchev–Trinajstić information content (AvgIpc) is 3.22. The molecule has 1 fully saturated rings. The second-order valence-electron chi connectivity index (χ2n) is 12.2. The normalized spacial score (nSPS) is 29.6. The lowest BCUT2D eigenvalue weighted by molar-refractivity contribution is -0.175. The molecule has 2 bridgehead atoms. The third-order valence-electron chi connectivity index (χ3n) is 8.49. The van der Waals surface area contributed by atoms with Crippen LogP contribution in [0.15, 0.2) is 24.0 Å². The summed E-state index contributed by atoms with van der Waals surface area (Å²) in [6, 6.07) is 2.71. The Labute approximate surface area is 233 Å². The minimum Gasteiger partial charge on any atom is -0.493 e. The molecular formula is C29H38N2O9. The van der Waals surface area contributed by atoms with Crippen molar-refractivity contribution in [1.82, 2.24) is 10.2 Å². The molecule has 1 aromatic rings. The molecule has 2 aliphatic heterocycles. The molecule has 218 valence electrons. The Morgan fingerprint density at radius 2 is 1.93 bits per heavy atom. The lowest BCUT2D eigenvalue weighted by atomic mass is 9.50. The number of hydrogen-bond donors (Lipinski definition) is 2. The van der Waals surface area contributed by atoms with Crippen LogP contribution in [-0.2, 0) is 35.6 Å². The smallest absolute Gasteiger partial charge is 0.408 e. The van der Waals surface area contributed by atoms with Crippen molar-refractivity contribution in [1.29, 1.82) is 0 Å². The van der Waals surface area contributed by atoms with E-state index in [0.29, 0.717) is 24.3 Å². The van der Waals surface area contributed by atoms with E-state index in [2.05, 4.69) is 10.2 Å². The Kier molecular flexibility index (Phi) is 6.81. The van der Waals surface area contributed by atoms with Gasteiger partial charge in [-0.15, -0.1) is 0 Å². The minimum absolute atomic E-state index is 0.133. The van der Waals surface area contributed by atoms with Gasteiger partial charge in [-0.3, -0.25) is 0 Å². The second kappa shape index (κ2) is 9.66. The number of esters is 2. The minimum atomic E-state index is -1.26. The van der Waals surface area contributed by atoms with Gasteiger partial charge < -0.3 is 39.0 Å². The molecule has 6 atom stereocenters. The number of methoxy groups -OCH3 is 1. The summed E-state index contributed by atoms with van der Waals surface area (Å²) in [5.74, 6) is -0.214. The number of hydrogen-bond acceptors (Lipinski definition) is 10. The highest BCUT2D eigenvalue weighted by atomic mass is 16.6. The summed E-state index contributed by atoms with van der Waals surface area (Å²) < 4.78 is 28.3. The number of nitrogens with zero attached hydrogens (tertiary/aromatic N) is 1. The lowest BCUT2D eigenvalue weighted by Crippen LogP contribution is -2.74. The molecule has 2 heterocycles. The number of aliphatic hydroxyl groups is 1. The maximum atomic E-state index is 13.1. The molecule has 1 spiro atoms. The number of alkyl carbamates (subject to hydrolysis) is 1. The third-order valence-corrected chi connectivity index (χ3v) is 8.49. The summed E-state index contributed by atoms with van der Waals surface area (Å²) in [5.41, 5.74) is -0.680. The average molecular weight is 559 g/mol. The largest absolute Gasteiger partial charge is 0.493 e. The number of carbonyl (C=O) groups excluding carboxylic acids is 3. The molecule has 0 saturated carbocycles. The summed E-state index contributed by atoms with van der Waals surface area (Å²) in [6.07, 6.45) is 0.448. The molecule has 11 nitrogen and oxygen atoms in total. The molecule has 40 heavy (non-hydrogen) atoms. The summed E-state index contributed by atoms with van der Waals surface area (Å²) in [7, 11) is 3.59. The lowest BCUT2D eigenvalue weighted by Gasteiger charge is -2.61. The van der Waals surface area contributed by atoms with E-state index in [1.807, 2.05) is 19.2 Å². The van der Waals surface area contributed by atoms with Gasteiger partial charge >= 0.3 is 18.0 Å². The van der Waals surface area contributed by atoms with Crippen LogP contribution in [0.1, 0.15) is 58.6 Å². The van der Waals surface area contributed by atoms with Crippen LogP contribution in [0.25, 0.3) is 0 Å². The molecule has 2 N–H and O–H groups in total. The fourth-order valence-electron chi connectivity index (χ4n) is 6.65. The van der Waals surface area contributed by atoms with Crippen LogP contribution in [-0.4, -0.2) is 84.2 Å². The van der Waals surface area contributed by atoms with Gasteiger partial charge in [0, 0.05) is 18.0 Å². The standard InChI is InChI=1S/C29H38N2O9/c1-15(30-26(34)40-27(3,4)5)24(32)37-16(2)25(33)38-19-10-11-29(35)20-14-17-8-9-18(36-7)22-21(17)28(29,23(19)39-22)12-13-31(20)6/h8-10,15-16,20,23,35H,11-14H2,1-7H3,(H,30,34)/t15-,16-,20+,23-,28?,29+/m0/s1. The maximum Gasteiger partial charge on any atom is 0.408 e. The van der Waals surface area contributed by atoms with Gasteiger partial charge in [0.1, 0.15) is 17.4 Å². The van der Waals surface area contributed by atoms with Crippen molar-refractivity contribution >= 4 is 18.0 Å². The number of rotatable bonds is 6. The second-order valence-corrected chi connectivity index (χ2v) is 12.2. The van der Waals surface area contributed by atoms with E-state index < -0.39 is 52.9 Å². The fourth-order valence-corrected chi connectivity index (χ4v) is 6.65. The molecule has 4 aliphatic rings. The molecule has 11 heteroatoms. The van der Waals surface area contributed by atoms with Gasteiger partial charge in [0.25, 0.3) is 0 Å². The first-order valence-corrected chi connectivity index (χ1v) is 13.6. The number of likely N-dealkylation sites (N-methyl/N-ethyl adjacent to an activating group) is 1. The van der Waals surface area contributed by atoms with E-state index in [4.69, 9.17) is 23.7 Å². The zero-order chi connectivity index (χ0) is 29.2. The summed E-state index contributed by atoms with van der Waals surface area (Å²) in [6.45, 7) is 8.68. The topological polar surface area (TPSA) is 133 Å². The van der Waals surface area contributed by atoms with E-state index in [1.54, 1.807) is 34.0 Å². The van der Waals surface area contributed by atoms with Gasteiger partial charge in [0.2, 0.25) is 0 Å². The zero-order valence-electron chi connectivity index (χ0n) is 24.0. The number of piperidine rings is 1. The Bertz CT molecular complexity index is 1270. The molecule has 1 aromatic carbocycles. The number of amides is 1. The number of nitrogens with one attached hydrogen (secondary N) is 1. The van der Waals surface area contributed by atoms with Crippen LogP contribution >= 0.6 is 0 Å². The fraction of sp³-hybridized carbons (Fsp3) is 0.621. The molecular weight excluding hydrogens is 520 g/mol. The molecule has 0 aromatic heterocycles. The summed E-state index contributed by atoms with van der Waals surface area (Å²) in [4.78, 5) is 39.9. The van der Waals surface area contributed by atoms with Crippen molar-refractivity contribution in [2.75, 3.05) is 20.7 Å². The molecule has 2 aliphatic carbocycles. The van der Waals surface area contributed by atoms with Gasteiger partial charge in [0.15, 0.2) is 23.7 Å². The van der Waals surface area contributed by atoms with Crippen LogP contribution in [0.5, 0.6) is 11.5 Å². The Morgan fingerprint density at radius 1 is 1.20 bits per heavy atom. The summed E-state index contributed by atoms with van der Waals surface area (Å²) >= 11 is 0. The molecule has 1 amide bonds. The summed E-state index contributed by atoms with van der Waals surface area (Å²) in [5, 5.41) is 14.7. The van der Waals surface area contributed by atoms with E-state index in [0.717, 1.165) is 17.7 Å². The van der Waals surface area contributed by atoms with Crippen molar-refractivity contribution < 1.29 is 43.2 Å². The number of benzene rings is 1. The quantitative estimate of drug-likeness (QED) is 0.396. The Balaban J connectivity index is 1.35. The predicted octanol–water partition coefficient (Wildman–Crippen LogP) is 2.36. The van der Waals surface area contributed by atoms with Gasteiger partial charge in [-0.2, -0.15) is 0 Å². The zero-order valence-corrected chi connectivity index (χ0v) is 24.0. The van der Waals surface area contributed by atoms with E-state index in [1.165, 1.54) is 13.8 Å². The Hall–Kier alpha value is -3.31. The number of likely N-dealkylation sites (tertiary alicyclic amines) is 1. The maximum absolute atomic E-state index is 13.1. The van der Waals surface area contributed by atoms with Crippen molar-refractivity contribution in [3.63, 3.8) is 0 Å². The first kappa shape index (κ1) is 28.2. The number of carbonyl (C=O) groups is 3. The van der Waals surface area contributed by atoms with E-state index in [-0.39, 0.29) is 18.2 Å². The van der Waals surface area contributed by atoms with Gasteiger partial charge in [0.05, 0.1) is 18.1 Å². The monoisotopic (exact) mass is 558 g/mol. The van der Waals surface area contributed by atoms with Crippen molar-refractivity contribution in [2.45, 2.75) is 94.8 Å². The van der Waals surface area contributed by atoms with Crippen molar-refractivity contribution in [3.05, 3.63) is 35.1 Å². The third kappa shape index (κ3) is 4.30.